The van der Waals surface area contributed by atoms with Gasteiger partial charge in [0.25, 0.3) is 0 Å². The number of hydrogen-bond acceptors (Lipinski definition) is 2. The lowest BCUT2D eigenvalue weighted by Gasteiger charge is -2.15. The number of halogens is 1. The summed E-state index contributed by atoms with van der Waals surface area (Å²) in [5, 5.41) is 9.37. The van der Waals surface area contributed by atoms with Crippen LogP contribution in [0.5, 0.6) is 0 Å². The Hall–Kier alpha value is -1.71. The summed E-state index contributed by atoms with van der Waals surface area (Å²) < 4.78 is 18.7. The van der Waals surface area contributed by atoms with Crippen molar-refractivity contribution in [3.05, 3.63) is 71.5 Å². The lowest BCUT2D eigenvalue weighted by atomic mass is 10.0. The van der Waals surface area contributed by atoms with Gasteiger partial charge in [0.1, 0.15) is 5.82 Å². The standard InChI is InChI=1S/C16H17FO2/c17-16-8-4-7-14(9-16)15(10-18)12-19-11-13-5-2-1-3-6-13/h1-9,15,18H,10-12H2. The van der Waals surface area contributed by atoms with Crippen LogP contribution >= 0.6 is 0 Å². The first-order chi connectivity index (χ1) is 9.29. The largest absolute Gasteiger partial charge is 0.396 e. The van der Waals surface area contributed by atoms with Gasteiger partial charge in [-0.1, -0.05) is 42.5 Å². The van der Waals surface area contributed by atoms with E-state index in [1.54, 1.807) is 12.1 Å². The SMILES string of the molecule is OCC(COCc1ccccc1)c1cccc(F)c1. The topological polar surface area (TPSA) is 29.5 Å². The molecule has 0 heterocycles. The van der Waals surface area contributed by atoms with Crippen molar-refractivity contribution < 1.29 is 14.2 Å². The highest BCUT2D eigenvalue weighted by atomic mass is 19.1. The fourth-order valence-electron chi connectivity index (χ4n) is 1.91. The highest BCUT2D eigenvalue weighted by Crippen LogP contribution is 2.17. The fourth-order valence-corrected chi connectivity index (χ4v) is 1.91. The summed E-state index contributed by atoms with van der Waals surface area (Å²) >= 11 is 0. The van der Waals surface area contributed by atoms with Gasteiger partial charge in [0, 0.05) is 5.92 Å². The van der Waals surface area contributed by atoms with E-state index in [1.165, 1.54) is 12.1 Å². The Morgan fingerprint density at radius 1 is 1.05 bits per heavy atom. The maximum Gasteiger partial charge on any atom is 0.123 e. The molecule has 0 spiro atoms. The molecule has 1 atom stereocenters. The van der Waals surface area contributed by atoms with Crippen LogP contribution in [0, 0.1) is 5.82 Å². The zero-order valence-corrected chi connectivity index (χ0v) is 10.6. The molecule has 2 rings (SSSR count). The van der Waals surface area contributed by atoms with E-state index in [2.05, 4.69) is 0 Å². The normalized spacial score (nSPS) is 12.3. The third kappa shape index (κ3) is 4.16. The maximum absolute atomic E-state index is 13.1. The molecule has 0 saturated heterocycles. The van der Waals surface area contributed by atoms with E-state index >= 15 is 0 Å². The van der Waals surface area contributed by atoms with Crippen molar-refractivity contribution in [2.45, 2.75) is 12.5 Å². The number of benzene rings is 2. The second-order valence-electron chi connectivity index (χ2n) is 4.44. The van der Waals surface area contributed by atoms with Crippen molar-refractivity contribution in [2.75, 3.05) is 13.2 Å². The van der Waals surface area contributed by atoms with Gasteiger partial charge in [-0.25, -0.2) is 4.39 Å². The van der Waals surface area contributed by atoms with Crippen molar-refractivity contribution in [1.29, 1.82) is 0 Å². The summed E-state index contributed by atoms with van der Waals surface area (Å²) in [6.07, 6.45) is 0. The molecular weight excluding hydrogens is 243 g/mol. The number of rotatable bonds is 6. The average Bonchev–Trinajstić information content (AvgIpc) is 2.45. The molecular formula is C16H17FO2. The van der Waals surface area contributed by atoms with Gasteiger partial charge in [-0.2, -0.15) is 0 Å². The molecule has 0 amide bonds. The molecule has 2 aromatic rings. The highest BCUT2D eigenvalue weighted by molar-refractivity contribution is 5.21. The molecule has 0 radical (unpaired) electrons. The first-order valence-corrected chi connectivity index (χ1v) is 6.27. The van der Waals surface area contributed by atoms with Gasteiger partial charge in [0.05, 0.1) is 19.8 Å². The number of ether oxygens (including phenoxy) is 1. The fraction of sp³-hybridized carbons (Fsp3) is 0.250. The molecule has 0 aliphatic rings. The van der Waals surface area contributed by atoms with Crippen molar-refractivity contribution in [3.63, 3.8) is 0 Å². The molecule has 2 aromatic carbocycles. The van der Waals surface area contributed by atoms with Gasteiger partial charge in [-0.3, -0.25) is 0 Å². The monoisotopic (exact) mass is 260 g/mol. The summed E-state index contributed by atoms with van der Waals surface area (Å²) in [6, 6.07) is 16.1. The van der Waals surface area contributed by atoms with Gasteiger partial charge in [0.15, 0.2) is 0 Å². The van der Waals surface area contributed by atoms with Crippen LogP contribution in [-0.4, -0.2) is 18.3 Å². The highest BCUT2D eigenvalue weighted by Gasteiger charge is 2.11. The molecule has 0 saturated carbocycles. The Kier molecular flexibility index (Phi) is 5.07. The molecule has 0 bridgehead atoms. The van der Waals surface area contributed by atoms with E-state index in [1.807, 2.05) is 30.3 Å². The van der Waals surface area contributed by atoms with E-state index < -0.39 is 0 Å². The van der Waals surface area contributed by atoms with Gasteiger partial charge in [0.2, 0.25) is 0 Å². The quantitative estimate of drug-likeness (QED) is 0.864. The molecule has 0 fully saturated rings. The zero-order chi connectivity index (χ0) is 13.5. The van der Waals surface area contributed by atoms with E-state index in [-0.39, 0.29) is 18.3 Å². The molecule has 1 N–H and O–H groups in total. The van der Waals surface area contributed by atoms with Crippen LogP contribution in [0.15, 0.2) is 54.6 Å². The molecule has 1 unspecified atom stereocenters. The molecule has 0 aromatic heterocycles. The van der Waals surface area contributed by atoms with Crippen LogP contribution in [0.25, 0.3) is 0 Å². The summed E-state index contributed by atoms with van der Waals surface area (Å²) in [7, 11) is 0. The molecule has 3 heteroatoms. The molecule has 19 heavy (non-hydrogen) atoms. The van der Waals surface area contributed by atoms with Crippen LogP contribution in [0.3, 0.4) is 0 Å². The van der Waals surface area contributed by atoms with Gasteiger partial charge >= 0.3 is 0 Å². The van der Waals surface area contributed by atoms with Crippen molar-refractivity contribution in [1.82, 2.24) is 0 Å². The predicted molar refractivity (Wildman–Crippen MR) is 72.3 cm³/mol. The third-order valence-electron chi connectivity index (χ3n) is 2.97. The third-order valence-corrected chi connectivity index (χ3v) is 2.97. The minimum atomic E-state index is -0.293. The Morgan fingerprint density at radius 2 is 1.84 bits per heavy atom. The van der Waals surface area contributed by atoms with Crippen LogP contribution < -0.4 is 0 Å². The van der Waals surface area contributed by atoms with Crippen molar-refractivity contribution in [3.8, 4) is 0 Å². The zero-order valence-electron chi connectivity index (χ0n) is 10.6. The summed E-state index contributed by atoms with van der Waals surface area (Å²) in [5.41, 5.74) is 1.84. The minimum absolute atomic E-state index is 0.0573. The predicted octanol–water partition coefficient (Wildman–Crippen LogP) is 3.12. The van der Waals surface area contributed by atoms with Crippen molar-refractivity contribution >= 4 is 0 Å². The molecule has 0 aliphatic carbocycles. The molecule has 100 valence electrons. The van der Waals surface area contributed by atoms with Gasteiger partial charge < -0.3 is 9.84 Å². The maximum atomic E-state index is 13.1. The second kappa shape index (κ2) is 7.02. The Balaban J connectivity index is 1.89. The van der Waals surface area contributed by atoms with E-state index in [0.717, 1.165) is 11.1 Å². The minimum Gasteiger partial charge on any atom is -0.396 e. The average molecular weight is 260 g/mol. The first kappa shape index (κ1) is 13.7. The summed E-state index contributed by atoms with van der Waals surface area (Å²) in [6.45, 7) is 0.805. The first-order valence-electron chi connectivity index (χ1n) is 6.27. The summed E-state index contributed by atoms with van der Waals surface area (Å²) in [5.74, 6) is -0.488. The van der Waals surface area contributed by atoms with E-state index in [4.69, 9.17) is 4.74 Å². The molecule has 0 aliphatic heterocycles. The van der Waals surface area contributed by atoms with Crippen LogP contribution in [-0.2, 0) is 11.3 Å². The van der Waals surface area contributed by atoms with E-state index in [9.17, 15) is 9.50 Å². The van der Waals surface area contributed by atoms with Gasteiger partial charge in [-0.15, -0.1) is 0 Å². The van der Waals surface area contributed by atoms with Crippen molar-refractivity contribution in [2.24, 2.45) is 0 Å². The van der Waals surface area contributed by atoms with Crippen LogP contribution in [0.1, 0.15) is 17.0 Å². The Labute approximate surface area is 112 Å². The lowest BCUT2D eigenvalue weighted by Crippen LogP contribution is -2.12. The Morgan fingerprint density at radius 3 is 2.53 bits per heavy atom. The molecule has 2 nitrogen and oxygen atoms in total. The van der Waals surface area contributed by atoms with Crippen LogP contribution in [0.4, 0.5) is 4.39 Å². The second-order valence-corrected chi connectivity index (χ2v) is 4.44. The number of aliphatic hydroxyl groups is 1. The summed E-state index contributed by atoms with van der Waals surface area (Å²) in [4.78, 5) is 0. The smallest absolute Gasteiger partial charge is 0.123 e. The Bertz CT molecular complexity index is 499. The van der Waals surface area contributed by atoms with Gasteiger partial charge in [-0.05, 0) is 23.3 Å². The lowest BCUT2D eigenvalue weighted by molar-refractivity contribution is 0.0882. The number of aliphatic hydroxyl groups excluding tert-OH is 1. The van der Waals surface area contributed by atoms with Crippen LogP contribution in [0.2, 0.25) is 0 Å². The number of hydrogen-bond donors (Lipinski definition) is 1. The van der Waals surface area contributed by atoms with E-state index in [0.29, 0.717) is 13.2 Å².